The van der Waals surface area contributed by atoms with Crippen LogP contribution in [0.4, 0.5) is 0 Å². The van der Waals surface area contributed by atoms with Crippen molar-refractivity contribution < 1.29 is 19.4 Å². The van der Waals surface area contributed by atoms with Crippen molar-refractivity contribution in [2.24, 2.45) is 0 Å². The second-order valence-electron chi connectivity index (χ2n) is 6.49. The Labute approximate surface area is 153 Å². The molecule has 1 fully saturated rings. The second kappa shape index (κ2) is 8.63. The molecule has 3 rings (SSSR count). The van der Waals surface area contributed by atoms with E-state index >= 15 is 0 Å². The first kappa shape index (κ1) is 18.1. The van der Waals surface area contributed by atoms with Gasteiger partial charge in [-0.2, -0.15) is 0 Å². The first-order valence-corrected chi connectivity index (χ1v) is 8.84. The Morgan fingerprint density at radius 3 is 2.15 bits per heavy atom. The van der Waals surface area contributed by atoms with E-state index in [9.17, 15) is 9.59 Å². The van der Waals surface area contributed by atoms with Crippen LogP contribution in [0.25, 0.3) is 0 Å². The van der Waals surface area contributed by atoms with E-state index in [0.717, 1.165) is 11.1 Å². The molecule has 1 aliphatic rings. The highest BCUT2D eigenvalue weighted by molar-refractivity contribution is 5.79. The van der Waals surface area contributed by atoms with Crippen molar-refractivity contribution in [3.05, 3.63) is 71.8 Å². The van der Waals surface area contributed by atoms with Gasteiger partial charge in [0.2, 0.25) is 5.91 Å². The summed E-state index contributed by atoms with van der Waals surface area (Å²) in [5.74, 6) is -1.00. The molecule has 1 amide bonds. The third-order valence-corrected chi connectivity index (χ3v) is 4.74. The maximum Gasteiger partial charge on any atom is 0.305 e. The highest BCUT2D eigenvalue weighted by atomic mass is 16.5. The SMILES string of the molecule is O=C(O)C[C@@H]1COCCN1C(=O)CC(c1ccccc1)c1ccccc1. The predicted octanol–water partition coefficient (Wildman–Crippen LogP) is 2.91. The van der Waals surface area contributed by atoms with Crippen molar-refractivity contribution in [3.8, 4) is 0 Å². The number of carboxylic acids is 1. The summed E-state index contributed by atoms with van der Waals surface area (Å²) in [6.07, 6.45) is 0.219. The maximum atomic E-state index is 13.0. The minimum Gasteiger partial charge on any atom is -0.481 e. The normalized spacial score (nSPS) is 17.3. The Bertz CT molecular complexity index is 693. The van der Waals surface area contributed by atoms with Gasteiger partial charge in [0.05, 0.1) is 25.7 Å². The number of hydrogen-bond donors (Lipinski definition) is 1. The van der Waals surface area contributed by atoms with Crippen LogP contribution in [0.3, 0.4) is 0 Å². The molecular weight excluding hydrogens is 330 g/mol. The summed E-state index contributed by atoms with van der Waals surface area (Å²) in [4.78, 5) is 25.8. The van der Waals surface area contributed by atoms with Crippen molar-refractivity contribution in [1.29, 1.82) is 0 Å². The summed E-state index contributed by atoms with van der Waals surface area (Å²) < 4.78 is 5.38. The Morgan fingerprint density at radius 1 is 1.04 bits per heavy atom. The number of nitrogens with zero attached hydrogens (tertiary/aromatic N) is 1. The monoisotopic (exact) mass is 353 g/mol. The van der Waals surface area contributed by atoms with Gasteiger partial charge in [-0.3, -0.25) is 9.59 Å². The lowest BCUT2D eigenvalue weighted by molar-refractivity contribution is -0.146. The van der Waals surface area contributed by atoms with Gasteiger partial charge in [-0.25, -0.2) is 0 Å². The third kappa shape index (κ3) is 4.49. The van der Waals surface area contributed by atoms with Crippen LogP contribution in [-0.4, -0.2) is 47.7 Å². The first-order valence-electron chi connectivity index (χ1n) is 8.84. The number of benzene rings is 2. The van der Waals surface area contributed by atoms with Crippen molar-refractivity contribution >= 4 is 11.9 Å². The van der Waals surface area contributed by atoms with Crippen molar-refractivity contribution in [2.75, 3.05) is 19.8 Å². The van der Waals surface area contributed by atoms with Crippen LogP contribution < -0.4 is 0 Å². The van der Waals surface area contributed by atoms with E-state index in [2.05, 4.69) is 0 Å². The topological polar surface area (TPSA) is 66.8 Å². The Kier molecular flexibility index (Phi) is 6.02. The predicted molar refractivity (Wildman–Crippen MR) is 97.9 cm³/mol. The number of morpholine rings is 1. The number of amides is 1. The Hall–Kier alpha value is -2.66. The van der Waals surface area contributed by atoms with Gasteiger partial charge in [-0.1, -0.05) is 60.7 Å². The smallest absolute Gasteiger partial charge is 0.305 e. The molecule has 26 heavy (non-hydrogen) atoms. The summed E-state index contributed by atoms with van der Waals surface area (Å²) in [6, 6.07) is 19.5. The van der Waals surface area contributed by atoms with Gasteiger partial charge < -0.3 is 14.7 Å². The number of carboxylic acid groups (broad SMARTS) is 1. The number of carbonyl (C=O) groups excluding carboxylic acids is 1. The molecule has 0 spiro atoms. The van der Waals surface area contributed by atoms with Gasteiger partial charge in [0, 0.05) is 18.9 Å². The van der Waals surface area contributed by atoms with Gasteiger partial charge in [-0.15, -0.1) is 0 Å². The molecule has 0 aliphatic carbocycles. The summed E-state index contributed by atoms with van der Waals surface area (Å²) in [7, 11) is 0. The molecule has 136 valence electrons. The van der Waals surface area contributed by atoms with Gasteiger partial charge >= 0.3 is 5.97 Å². The van der Waals surface area contributed by atoms with Crippen LogP contribution >= 0.6 is 0 Å². The maximum absolute atomic E-state index is 13.0. The van der Waals surface area contributed by atoms with Crippen LogP contribution in [0.5, 0.6) is 0 Å². The fraction of sp³-hybridized carbons (Fsp3) is 0.333. The highest BCUT2D eigenvalue weighted by Gasteiger charge is 2.31. The van der Waals surface area contributed by atoms with E-state index in [1.165, 1.54) is 0 Å². The van der Waals surface area contributed by atoms with Crippen molar-refractivity contribution in [1.82, 2.24) is 4.90 Å². The fourth-order valence-corrected chi connectivity index (χ4v) is 3.44. The van der Waals surface area contributed by atoms with Crippen LogP contribution in [0.15, 0.2) is 60.7 Å². The molecule has 0 aromatic heterocycles. The summed E-state index contributed by atoms with van der Waals surface area (Å²) >= 11 is 0. The molecule has 0 radical (unpaired) electrons. The molecule has 5 nitrogen and oxygen atoms in total. The van der Waals surface area contributed by atoms with Gasteiger partial charge in [0.1, 0.15) is 0 Å². The van der Waals surface area contributed by atoms with E-state index in [-0.39, 0.29) is 24.9 Å². The molecule has 1 saturated heterocycles. The van der Waals surface area contributed by atoms with Crippen molar-refractivity contribution in [3.63, 3.8) is 0 Å². The molecule has 2 aromatic rings. The summed E-state index contributed by atoms with van der Waals surface area (Å²) in [6.45, 7) is 1.16. The number of aliphatic carboxylic acids is 1. The fourth-order valence-electron chi connectivity index (χ4n) is 3.44. The van der Waals surface area contributed by atoms with Gasteiger partial charge in [0.25, 0.3) is 0 Å². The molecule has 0 bridgehead atoms. The molecule has 5 heteroatoms. The molecule has 2 aromatic carbocycles. The average molecular weight is 353 g/mol. The standard InChI is InChI=1S/C21H23NO4/c23-20(22-11-12-26-15-18(22)13-21(24)25)14-19(16-7-3-1-4-8-16)17-9-5-2-6-10-17/h1-10,18-19H,11-15H2,(H,24,25)/t18-/m1/s1. The van der Waals surface area contributed by atoms with Crippen LogP contribution in [0, 0.1) is 0 Å². The lowest BCUT2D eigenvalue weighted by Gasteiger charge is -2.35. The van der Waals surface area contributed by atoms with Crippen LogP contribution in [-0.2, 0) is 14.3 Å². The average Bonchev–Trinajstić information content (AvgIpc) is 2.67. The molecule has 1 heterocycles. The largest absolute Gasteiger partial charge is 0.481 e. The van der Waals surface area contributed by atoms with E-state index in [4.69, 9.17) is 9.84 Å². The zero-order valence-corrected chi connectivity index (χ0v) is 14.6. The minimum atomic E-state index is -0.916. The number of ether oxygens (including phenoxy) is 1. The van der Waals surface area contributed by atoms with E-state index < -0.39 is 12.0 Å². The molecule has 0 unspecified atom stereocenters. The minimum absolute atomic E-state index is 0.0303. The van der Waals surface area contributed by atoms with E-state index in [1.807, 2.05) is 60.7 Å². The molecule has 1 atom stereocenters. The van der Waals surface area contributed by atoms with Gasteiger partial charge in [0.15, 0.2) is 0 Å². The lowest BCUT2D eigenvalue weighted by Crippen LogP contribution is -2.49. The number of hydrogen-bond acceptors (Lipinski definition) is 3. The van der Waals surface area contributed by atoms with Crippen molar-refractivity contribution in [2.45, 2.75) is 24.8 Å². The number of carbonyl (C=O) groups is 2. The molecular formula is C21H23NO4. The Morgan fingerprint density at radius 2 is 1.62 bits per heavy atom. The zero-order valence-electron chi connectivity index (χ0n) is 14.6. The molecule has 1 N–H and O–H groups in total. The number of rotatable bonds is 6. The quantitative estimate of drug-likeness (QED) is 0.867. The van der Waals surface area contributed by atoms with E-state index in [1.54, 1.807) is 4.90 Å². The van der Waals surface area contributed by atoms with Crippen LogP contribution in [0.2, 0.25) is 0 Å². The first-order chi connectivity index (χ1) is 12.6. The molecule has 1 aliphatic heterocycles. The van der Waals surface area contributed by atoms with E-state index in [0.29, 0.717) is 19.6 Å². The summed E-state index contributed by atoms with van der Waals surface area (Å²) in [5.41, 5.74) is 2.16. The second-order valence-corrected chi connectivity index (χ2v) is 6.49. The van der Waals surface area contributed by atoms with Crippen LogP contribution in [0.1, 0.15) is 29.9 Å². The summed E-state index contributed by atoms with van der Waals surface area (Å²) in [5, 5.41) is 9.11. The molecule has 0 saturated carbocycles. The lowest BCUT2D eigenvalue weighted by atomic mass is 9.88. The Balaban J connectivity index is 1.82. The van der Waals surface area contributed by atoms with Gasteiger partial charge in [-0.05, 0) is 11.1 Å². The zero-order chi connectivity index (χ0) is 18.4. The third-order valence-electron chi connectivity index (χ3n) is 4.74. The highest BCUT2D eigenvalue weighted by Crippen LogP contribution is 2.29.